The minimum absolute atomic E-state index is 0.894. The van der Waals surface area contributed by atoms with Crippen LogP contribution in [0, 0.1) is 6.92 Å². The molecule has 2 heterocycles. The van der Waals surface area contributed by atoms with Gasteiger partial charge in [-0.05, 0) is 18.7 Å². The van der Waals surface area contributed by atoms with Gasteiger partial charge in [0.05, 0.1) is 5.69 Å². The second-order valence-electron chi connectivity index (χ2n) is 4.06. The number of imidazole rings is 1. The maximum Gasteiger partial charge on any atom is 0.174 e. The van der Waals surface area contributed by atoms with E-state index in [1.54, 1.807) is 6.20 Å². The van der Waals surface area contributed by atoms with Crippen molar-refractivity contribution >= 4 is 22.5 Å². The van der Waals surface area contributed by atoms with E-state index in [0.717, 1.165) is 26.6 Å². The molecule has 0 bridgehead atoms. The Morgan fingerprint density at radius 3 is 2.61 bits per heavy atom. The van der Waals surface area contributed by atoms with Crippen molar-refractivity contribution in [3.8, 4) is 0 Å². The summed E-state index contributed by atoms with van der Waals surface area (Å²) in [5.74, 6) is 0. The van der Waals surface area contributed by atoms with Crippen LogP contribution in [0.3, 0.4) is 0 Å². The number of fused-ring (bicyclic) bond motifs is 1. The summed E-state index contributed by atoms with van der Waals surface area (Å²) in [4.78, 5) is 4.30. The first-order valence-electron chi connectivity index (χ1n) is 5.63. The van der Waals surface area contributed by atoms with Gasteiger partial charge < -0.3 is 4.57 Å². The van der Waals surface area contributed by atoms with Crippen LogP contribution in [0.25, 0.3) is 10.8 Å². The van der Waals surface area contributed by atoms with Crippen LogP contribution in [0.4, 0.5) is 0 Å². The molecule has 18 heavy (non-hydrogen) atoms. The first kappa shape index (κ1) is 11.2. The minimum atomic E-state index is 0.894. The van der Waals surface area contributed by atoms with Crippen LogP contribution in [0.2, 0.25) is 0 Å². The summed E-state index contributed by atoms with van der Waals surface area (Å²) in [6, 6.07) is 8.18. The molecule has 0 amide bonds. The number of benzene rings is 1. The monoisotopic (exact) mass is 256 g/mol. The average molecular weight is 256 g/mol. The second kappa shape index (κ2) is 4.42. The van der Waals surface area contributed by atoms with Crippen LogP contribution in [0.1, 0.15) is 5.69 Å². The maximum absolute atomic E-state index is 4.30. The van der Waals surface area contributed by atoms with Crippen molar-refractivity contribution in [1.82, 2.24) is 19.7 Å². The highest BCUT2D eigenvalue weighted by Gasteiger charge is 2.10. The molecule has 0 saturated carbocycles. The third kappa shape index (κ3) is 1.86. The SMILES string of the molecule is Cc1nnc(Sc2nccn2C)c2ccccc12. The lowest BCUT2D eigenvalue weighted by molar-refractivity contribution is 0.787. The number of nitrogens with zero attached hydrogens (tertiary/aromatic N) is 4. The summed E-state index contributed by atoms with van der Waals surface area (Å²) >= 11 is 1.54. The van der Waals surface area contributed by atoms with Gasteiger partial charge in [0.2, 0.25) is 0 Å². The lowest BCUT2D eigenvalue weighted by Crippen LogP contribution is -1.94. The number of hydrogen-bond donors (Lipinski definition) is 0. The van der Waals surface area contributed by atoms with Gasteiger partial charge in [-0.15, -0.1) is 5.10 Å². The van der Waals surface area contributed by atoms with Gasteiger partial charge in [0.1, 0.15) is 5.03 Å². The molecule has 0 N–H and O–H groups in total. The standard InChI is InChI=1S/C13H12N4S/c1-9-10-5-3-4-6-11(10)12(16-15-9)18-13-14-7-8-17(13)2/h3-8H,1-2H3. The van der Waals surface area contributed by atoms with Gasteiger partial charge in [0, 0.05) is 30.2 Å². The summed E-state index contributed by atoms with van der Waals surface area (Å²) in [6.45, 7) is 1.98. The quantitative estimate of drug-likeness (QED) is 0.707. The molecule has 0 atom stereocenters. The zero-order chi connectivity index (χ0) is 12.5. The molecule has 0 fully saturated rings. The lowest BCUT2D eigenvalue weighted by Gasteiger charge is -2.06. The molecule has 2 aromatic heterocycles. The van der Waals surface area contributed by atoms with E-state index in [-0.39, 0.29) is 0 Å². The molecule has 90 valence electrons. The van der Waals surface area contributed by atoms with E-state index in [2.05, 4.69) is 27.3 Å². The maximum atomic E-state index is 4.30. The predicted molar refractivity (Wildman–Crippen MR) is 71.6 cm³/mol. The van der Waals surface area contributed by atoms with Gasteiger partial charge in [-0.2, -0.15) is 5.10 Å². The van der Waals surface area contributed by atoms with E-state index in [9.17, 15) is 0 Å². The fourth-order valence-electron chi connectivity index (χ4n) is 1.83. The van der Waals surface area contributed by atoms with E-state index in [0.29, 0.717) is 0 Å². The summed E-state index contributed by atoms with van der Waals surface area (Å²) < 4.78 is 1.97. The molecular weight excluding hydrogens is 244 g/mol. The van der Waals surface area contributed by atoms with Crippen molar-refractivity contribution in [2.24, 2.45) is 7.05 Å². The van der Waals surface area contributed by atoms with Gasteiger partial charge in [0.15, 0.2) is 5.16 Å². The third-order valence-electron chi connectivity index (χ3n) is 2.80. The van der Waals surface area contributed by atoms with Gasteiger partial charge >= 0.3 is 0 Å². The summed E-state index contributed by atoms with van der Waals surface area (Å²) in [7, 11) is 1.97. The van der Waals surface area contributed by atoms with Gasteiger partial charge in [0.25, 0.3) is 0 Å². The fourth-order valence-corrected chi connectivity index (χ4v) is 2.69. The summed E-state index contributed by atoms with van der Waals surface area (Å²) in [5.41, 5.74) is 0.954. The molecule has 0 aliphatic rings. The van der Waals surface area contributed by atoms with Crippen molar-refractivity contribution in [2.45, 2.75) is 17.1 Å². The number of hydrogen-bond acceptors (Lipinski definition) is 4. The van der Waals surface area contributed by atoms with Crippen LogP contribution >= 0.6 is 11.8 Å². The molecule has 0 saturated heterocycles. The number of aryl methyl sites for hydroxylation is 2. The number of aromatic nitrogens is 4. The Hall–Kier alpha value is -1.88. The van der Waals surface area contributed by atoms with Gasteiger partial charge in [-0.3, -0.25) is 0 Å². The molecule has 0 aliphatic heterocycles. The highest BCUT2D eigenvalue weighted by molar-refractivity contribution is 7.99. The first-order chi connectivity index (χ1) is 8.75. The zero-order valence-electron chi connectivity index (χ0n) is 10.2. The van der Waals surface area contributed by atoms with Crippen LogP contribution < -0.4 is 0 Å². The van der Waals surface area contributed by atoms with E-state index in [1.165, 1.54) is 11.8 Å². The molecule has 0 unspecified atom stereocenters. The van der Waals surface area contributed by atoms with E-state index < -0.39 is 0 Å². The van der Waals surface area contributed by atoms with Crippen molar-refractivity contribution in [1.29, 1.82) is 0 Å². The fraction of sp³-hybridized carbons (Fsp3) is 0.154. The van der Waals surface area contributed by atoms with Crippen LogP contribution in [0.15, 0.2) is 46.8 Å². The molecule has 4 nitrogen and oxygen atoms in total. The van der Waals surface area contributed by atoms with Crippen molar-refractivity contribution in [2.75, 3.05) is 0 Å². The molecular formula is C13H12N4S. The minimum Gasteiger partial charge on any atom is -0.329 e. The van der Waals surface area contributed by atoms with Gasteiger partial charge in [-0.1, -0.05) is 24.3 Å². The van der Waals surface area contributed by atoms with Crippen molar-refractivity contribution in [3.63, 3.8) is 0 Å². The molecule has 1 aromatic carbocycles. The average Bonchev–Trinajstić information content (AvgIpc) is 2.79. The summed E-state index contributed by atoms with van der Waals surface area (Å²) in [5, 5.41) is 12.6. The highest BCUT2D eigenvalue weighted by Crippen LogP contribution is 2.30. The van der Waals surface area contributed by atoms with E-state index >= 15 is 0 Å². The molecule has 0 spiro atoms. The molecule has 3 aromatic rings. The topological polar surface area (TPSA) is 43.6 Å². The Bertz CT molecular complexity index is 705. The molecule has 3 rings (SSSR count). The smallest absolute Gasteiger partial charge is 0.174 e. The summed E-state index contributed by atoms with van der Waals surface area (Å²) in [6.07, 6.45) is 3.71. The Morgan fingerprint density at radius 2 is 1.89 bits per heavy atom. The molecule has 0 aliphatic carbocycles. The van der Waals surface area contributed by atoms with Crippen LogP contribution in [-0.4, -0.2) is 19.7 Å². The lowest BCUT2D eigenvalue weighted by atomic mass is 10.1. The third-order valence-corrected chi connectivity index (χ3v) is 3.87. The second-order valence-corrected chi connectivity index (χ2v) is 5.01. The largest absolute Gasteiger partial charge is 0.329 e. The van der Waals surface area contributed by atoms with Crippen molar-refractivity contribution < 1.29 is 0 Å². The Kier molecular flexibility index (Phi) is 2.76. The highest BCUT2D eigenvalue weighted by atomic mass is 32.2. The Balaban J connectivity index is 2.13. The normalized spacial score (nSPS) is 11.0. The molecule has 0 radical (unpaired) electrons. The predicted octanol–water partition coefficient (Wildman–Crippen LogP) is 2.82. The zero-order valence-corrected chi connectivity index (χ0v) is 11.0. The van der Waals surface area contributed by atoms with Gasteiger partial charge in [-0.25, -0.2) is 4.98 Å². The van der Waals surface area contributed by atoms with Crippen molar-refractivity contribution in [3.05, 3.63) is 42.4 Å². The Morgan fingerprint density at radius 1 is 1.11 bits per heavy atom. The van der Waals surface area contributed by atoms with Crippen LogP contribution in [-0.2, 0) is 7.05 Å². The van der Waals surface area contributed by atoms with Crippen LogP contribution in [0.5, 0.6) is 0 Å². The Labute approximate surface area is 109 Å². The van der Waals surface area contributed by atoms with E-state index in [4.69, 9.17) is 0 Å². The molecule has 5 heteroatoms. The van der Waals surface area contributed by atoms with E-state index in [1.807, 2.05) is 36.9 Å². The number of rotatable bonds is 2. The first-order valence-corrected chi connectivity index (χ1v) is 6.44.